The molecular formula is C12H17BrClNOS. The molecule has 1 heterocycles. The number of hydrogen-bond donors (Lipinski definition) is 0. The number of hydrogen-bond acceptors (Lipinski definition) is 2. The van der Waals surface area contributed by atoms with Crippen LogP contribution in [0.4, 0.5) is 0 Å². The van der Waals surface area contributed by atoms with E-state index < -0.39 is 0 Å². The van der Waals surface area contributed by atoms with Crippen LogP contribution in [-0.4, -0.2) is 28.7 Å². The van der Waals surface area contributed by atoms with E-state index in [1.165, 1.54) is 11.3 Å². The van der Waals surface area contributed by atoms with Crippen molar-refractivity contribution in [2.75, 3.05) is 11.9 Å². The van der Waals surface area contributed by atoms with Crippen LogP contribution in [0, 0.1) is 0 Å². The van der Waals surface area contributed by atoms with Crippen molar-refractivity contribution < 1.29 is 4.79 Å². The van der Waals surface area contributed by atoms with Gasteiger partial charge in [0.05, 0.1) is 9.21 Å². The van der Waals surface area contributed by atoms with Gasteiger partial charge in [0.25, 0.3) is 5.91 Å². The first-order chi connectivity index (χ1) is 8.13. The average Bonchev–Trinajstić information content (AvgIpc) is 2.75. The van der Waals surface area contributed by atoms with E-state index in [0.717, 1.165) is 29.6 Å². The van der Waals surface area contributed by atoms with E-state index in [9.17, 15) is 4.79 Å². The first-order valence-corrected chi connectivity index (χ1v) is 8.07. The summed E-state index contributed by atoms with van der Waals surface area (Å²) in [4.78, 5) is 15.0. The zero-order chi connectivity index (χ0) is 12.8. The predicted octanol–water partition coefficient (Wildman–Crippen LogP) is 4.43. The second-order valence-corrected chi connectivity index (χ2v) is 6.27. The molecule has 0 saturated carbocycles. The third-order valence-corrected chi connectivity index (χ3v) is 4.33. The third-order valence-electron chi connectivity index (χ3n) is 2.75. The lowest BCUT2D eigenvalue weighted by molar-refractivity contribution is 0.0688. The van der Waals surface area contributed by atoms with Gasteiger partial charge < -0.3 is 4.90 Å². The smallest absolute Gasteiger partial charge is 0.264 e. The molecule has 0 bridgehead atoms. The largest absolute Gasteiger partial charge is 0.334 e. The second kappa shape index (κ2) is 7.39. The summed E-state index contributed by atoms with van der Waals surface area (Å²) in [6.45, 7) is 4.97. The Bertz CT molecular complexity index is 365. The highest BCUT2D eigenvalue weighted by atomic mass is 79.9. The van der Waals surface area contributed by atoms with Gasteiger partial charge in [-0.3, -0.25) is 4.79 Å². The molecule has 0 aliphatic rings. The fourth-order valence-corrected chi connectivity index (χ4v) is 3.22. The van der Waals surface area contributed by atoms with Crippen LogP contribution in [0.15, 0.2) is 12.1 Å². The van der Waals surface area contributed by atoms with Gasteiger partial charge in [0, 0.05) is 17.9 Å². The van der Waals surface area contributed by atoms with Crippen LogP contribution in [0.2, 0.25) is 4.34 Å². The first-order valence-electron chi connectivity index (χ1n) is 5.76. The average molecular weight is 339 g/mol. The molecule has 0 unspecified atom stereocenters. The fourth-order valence-electron chi connectivity index (χ4n) is 1.84. The monoisotopic (exact) mass is 337 g/mol. The summed E-state index contributed by atoms with van der Waals surface area (Å²) in [5.74, 6) is 0.0926. The summed E-state index contributed by atoms with van der Waals surface area (Å²) in [6, 6.07) is 3.89. The lowest BCUT2D eigenvalue weighted by Crippen LogP contribution is -2.40. The summed E-state index contributed by atoms with van der Waals surface area (Å²) in [5.41, 5.74) is 0. The molecule has 0 atom stereocenters. The third kappa shape index (κ3) is 3.97. The summed E-state index contributed by atoms with van der Waals surface area (Å²) < 4.78 is 0.664. The van der Waals surface area contributed by atoms with Gasteiger partial charge in [-0.15, -0.1) is 11.3 Å². The molecule has 96 valence electrons. The zero-order valence-corrected chi connectivity index (χ0v) is 13.2. The maximum atomic E-state index is 12.4. The van der Waals surface area contributed by atoms with E-state index in [0.29, 0.717) is 10.4 Å². The molecule has 0 aliphatic heterocycles. The SMILES string of the molecule is CCC(CC)N(CCBr)C(=O)c1ccc(Cl)s1. The Kier molecular flexibility index (Phi) is 6.52. The number of halogens is 2. The van der Waals surface area contributed by atoms with Gasteiger partial charge in [-0.2, -0.15) is 0 Å². The van der Waals surface area contributed by atoms with Crippen LogP contribution in [0.1, 0.15) is 36.4 Å². The molecule has 0 radical (unpaired) electrons. The van der Waals surface area contributed by atoms with Crippen molar-refractivity contribution in [3.05, 3.63) is 21.3 Å². The molecular weight excluding hydrogens is 322 g/mol. The van der Waals surface area contributed by atoms with E-state index in [1.807, 2.05) is 4.90 Å². The molecule has 1 amide bonds. The van der Waals surface area contributed by atoms with E-state index in [4.69, 9.17) is 11.6 Å². The lowest BCUT2D eigenvalue weighted by Gasteiger charge is -2.29. The molecule has 0 aliphatic carbocycles. The van der Waals surface area contributed by atoms with Crippen molar-refractivity contribution >= 4 is 44.8 Å². The van der Waals surface area contributed by atoms with Gasteiger partial charge in [0.15, 0.2) is 0 Å². The lowest BCUT2D eigenvalue weighted by atomic mass is 10.1. The number of thiophene rings is 1. The van der Waals surface area contributed by atoms with Gasteiger partial charge in [-0.1, -0.05) is 41.4 Å². The highest BCUT2D eigenvalue weighted by Crippen LogP contribution is 2.24. The van der Waals surface area contributed by atoms with E-state index in [1.54, 1.807) is 12.1 Å². The van der Waals surface area contributed by atoms with Crippen LogP contribution in [0.5, 0.6) is 0 Å². The fraction of sp³-hybridized carbons (Fsp3) is 0.583. The normalized spacial score (nSPS) is 10.9. The predicted molar refractivity (Wildman–Crippen MR) is 78.5 cm³/mol. The first kappa shape index (κ1) is 15.0. The second-order valence-electron chi connectivity index (χ2n) is 3.76. The Morgan fingerprint density at radius 2 is 2.12 bits per heavy atom. The minimum Gasteiger partial charge on any atom is -0.334 e. The van der Waals surface area contributed by atoms with Crippen molar-refractivity contribution in [3.63, 3.8) is 0 Å². The number of amides is 1. The Balaban J connectivity index is 2.86. The summed E-state index contributed by atoms with van der Waals surface area (Å²) in [5, 5.41) is 0.800. The van der Waals surface area contributed by atoms with Gasteiger partial charge in [0.2, 0.25) is 0 Å². The van der Waals surface area contributed by atoms with Crippen molar-refractivity contribution in [1.82, 2.24) is 4.90 Å². The Morgan fingerprint density at radius 1 is 1.47 bits per heavy atom. The molecule has 2 nitrogen and oxygen atoms in total. The van der Waals surface area contributed by atoms with Crippen LogP contribution < -0.4 is 0 Å². The topological polar surface area (TPSA) is 20.3 Å². The van der Waals surface area contributed by atoms with Crippen molar-refractivity contribution in [1.29, 1.82) is 0 Å². The Morgan fingerprint density at radius 3 is 2.53 bits per heavy atom. The van der Waals surface area contributed by atoms with E-state index in [2.05, 4.69) is 29.8 Å². The maximum absolute atomic E-state index is 12.4. The molecule has 5 heteroatoms. The van der Waals surface area contributed by atoms with Gasteiger partial charge in [-0.25, -0.2) is 0 Å². The Hall–Kier alpha value is -0.0600. The molecule has 0 fully saturated rings. The molecule has 0 saturated heterocycles. The number of carbonyl (C=O) groups excluding carboxylic acids is 1. The molecule has 17 heavy (non-hydrogen) atoms. The minimum atomic E-state index is 0.0926. The summed E-state index contributed by atoms with van der Waals surface area (Å²) >= 11 is 10.6. The molecule has 0 spiro atoms. The van der Waals surface area contributed by atoms with Crippen LogP contribution >= 0.6 is 38.9 Å². The maximum Gasteiger partial charge on any atom is 0.264 e. The highest BCUT2D eigenvalue weighted by Gasteiger charge is 2.22. The van der Waals surface area contributed by atoms with E-state index in [-0.39, 0.29) is 5.91 Å². The molecule has 1 aromatic rings. The molecule has 0 N–H and O–H groups in total. The Labute approximate surface area is 120 Å². The molecule has 0 aromatic carbocycles. The van der Waals surface area contributed by atoms with Gasteiger partial charge >= 0.3 is 0 Å². The highest BCUT2D eigenvalue weighted by molar-refractivity contribution is 9.09. The summed E-state index contributed by atoms with van der Waals surface area (Å²) in [7, 11) is 0. The summed E-state index contributed by atoms with van der Waals surface area (Å²) in [6.07, 6.45) is 1.96. The number of rotatable bonds is 6. The van der Waals surface area contributed by atoms with Crippen molar-refractivity contribution in [3.8, 4) is 0 Å². The van der Waals surface area contributed by atoms with Gasteiger partial charge in [0.1, 0.15) is 0 Å². The number of carbonyl (C=O) groups is 1. The van der Waals surface area contributed by atoms with Crippen LogP contribution in [0.3, 0.4) is 0 Å². The molecule has 1 aromatic heterocycles. The van der Waals surface area contributed by atoms with E-state index >= 15 is 0 Å². The molecule has 1 rings (SSSR count). The number of nitrogens with zero attached hydrogens (tertiary/aromatic N) is 1. The zero-order valence-electron chi connectivity index (χ0n) is 10.1. The van der Waals surface area contributed by atoms with Crippen LogP contribution in [0.25, 0.3) is 0 Å². The van der Waals surface area contributed by atoms with Crippen molar-refractivity contribution in [2.24, 2.45) is 0 Å². The van der Waals surface area contributed by atoms with Gasteiger partial charge in [-0.05, 0) is 25.0 Å². The van der Waals surface area contributed by atoms with Crippen molar-refractivity contribution in [2.45, 2.75) is 32.7 Å². The number of alkyl halides is 1. The van der Waals surface area contributed by atoms with Crippen LogP contribution in [-0.2, 0) is 0 Å². The quantitative estimate of drug-likeness (QED) is 0.703. The standard InChI is InChI=1S/C12H17BrClNOS/c1-3-9(4-2)15(8-7-13)12(16)10-5-6-11(14)17-10/h5-6,9H,3-4,7-8H2,1-2H3. The minimum absolute atomic E-state index is 0.0926.